The Morgan fingerprint density at radius 2 is 1.87 bits per heavy atom. The smallest absolute Gasteiger partial charge is 0.224 e. The number of aromatic nitrogens is 1. The van der Waals surface area contributed by atoms with E-state index in [4.69, 9.17) is 0 Å². The summed E-state index contributed by atoms with van der Waals surface area (Å²) in [5, 5.41) is 3.73. The van der Waals surface area contributed by atoms with Crippen molar-refractivity contribution in [1.82, 2.24) is 4.98 Å². The van der Waals surface area contributed by atoms with Gasteiger partial charge in [0.1, 0.15) is 5.82 Å². The number of anilines is 1. The summed E-state index contributed by atoms with van der Waals surface area (Å²) in [6.07, 6.45) is 0.509. The zero-order chi connectivity index (χ0) is 16.4. The highest BCUT2D eigenvalue weighted by Crippen LogP contribution is 2.25. The molecule has 3 rings (SSSR count). The SMILES string of the molecule is CC(C)CC(=O)Nc1ccc(-c2cc3cc(F)ccc3[nH]2)cc1. The Labute approximate surface area is 134 Å². The molecular formula is C19H19FN2O. The molecule has 0 aliphatic rings. The Morgan fingerprint density at radius 1 is 1.13 bits per heavy atom. The van der Waals surface area contributed by atoms with Crippen LogP contribution in [0.4, 0.5) is 10.1 Å². The van der Waals surface area contributed by atoms with Gasteiger partial charge in [-0.3, -0.25) is 4.79 Å². The summed E-state index contributed by atoms with van der Waals surface area (Å²) in [6, 6.07) is 14.2. The van der Waals surface area contributed by atoms with E-state index in [0.717, 1.165) is 27.8 Å². The molecule has 4 heteroatoms. The fraction of sp³-hybridized carbons (Fsp3) is 0.211. The van der Waals surface area contributed by atoms with Gasteiger partial charge < -0.3 is 10.3 Å². The highest BCUT2D eigenvalue weighted by Gasteiger charge is 2.07. The summed E-state index contributed by atoms with van der Waals surface area (Å²) in [4.78, 5) is 15.0. The third-order valence-corrected chi connectivity index (χ3v) is 3.66. The van der Waals surface area contributed by atoms with Crippen molar-refractivity contribution >= 4 is 22.5 Å². The highest BCUT2D eigenvalue weighted by atomic mass is 19.1. The molecule has 0 spiro atoms. The van der Waals surface area contributed by atoms with Gasteiger partial charge in [-0.1, -0.05) is 26.0 Å². The molecule has 1 heterocycles. The van der Waals surface area contributed by atoms with Gasteiger partial charge in [0.25, 0.3) is 0 Å². The minimum atomic E-state index is -0.244. The van der Waals surface area contributed by atoms with E-state index in [1.165, 1.54) is 12.1 Å². The van der Waals surface area contributed by atoms with E-state index in [1.807, 2.05) is 44.2 Å². The number of carbonyl (C=O) groups excluding carboxylic acids is 1. The molecule has 0 atom stereocenters. The van der Waals surface area contributed by atoms with Crippen LogP contribution in [-0.4, -0.2) is 10.9 Å². The molecule has 23 heavy (non-hydrogen) atoms. The van der Waals surface area contributed by atoms with Crippen molar-refractivity contribution in [2.24, 2.45) is 5.92 Å². The standard InChI is InChI=1S/C19H19FN2O/c1-12(2)9-19(23)21-16-6-3-13(4-7-16)18-11-14-10-15(20)5-8-17(14)22-18/h3-8,10-12,22H,9H2,1-2H3,(H,21,23). The Bertz CT molecular complexity index is 834. The lowest BCUT2D eigenvalue weighted by molar-refractivity contribution is -0.116. The van der Waals surface area contributed by atoms with Crippen LogP contribution < -0.4 is 5.32 Å². The van der Waals surface area contributed by atoms with Crippen LogP contribution >= 0.6 is 0 Å². The second kappa shape index (κ2) is 6.24. The van der Waals surface area contributed by atoms with Gasteiger partial charge in [0, 0.05) is 28.7 Å². The topological polar surface area (TPSA) is 44.9 Å². The molecule has 2 N–H and O–H groups in total. The predicted octanol–water partition coefficient (Wildman–Crippen LogP) is 4.96. The summed E-state index contributed by atoms with van der Waals surface area (Å²) in [7, 11) is 0. The molecule has 3 aromatic rings. The van der Waals surface area contributed by atoms with Crippen molar-refractivity contribution in [2.45, 2.75) is 20.3 Å². The number of fused-ring (bicyclic) bond motifs is 1. The average molecular weight is 310 g/mol. The highest BCUT2D eigenvalue weighted by molar-refractivity contribution is 5.91. The molecule has 0 bridgehead atoms. The fourth-order valence-corrected chi connectivity index (χ4v) is 2.57. The number of hydrogen-bond donors (Lipinski definition) is 2. The Kier molecular flexibility index (Phi) is 4.15. The first-order valence-corrected chi connectivity index (χ1v) is 7.70. The van der Waals surface area contributed by atoms with Crippen LogP contribution in [0.5, 0.6) is 0 Å². The van der Waals surface area contributed by atoms with E-state index in [1.54, 1.807) is 6.07 Å². The second-order valence-corrected chi connectivity index (χ2v) is 6.14. The number of aromatic amines is 1. The predicted molar refractivity (Wildman–Crippen MR) is 91.8 cm³/mol. The molecular weight excluding hydrogens is 291 g/mol. The molecule has 0 radical (unpaired) electrons. The molecule has 0 aliphatic carbocycles. The molecule has 1 aromatic heterocycles. The van der Waals surface area contributed by atoms with Crippen molar-refractivity contribution in [2.75, 3.05) is 5.32 Å². The van der Waals surface area contributed by atoms with E-state index in [9.17, 15) is 9.18 Å². The minimum absolute atomic E-state index is 0.0221. The molecule has 0 fully saturated rings. The lowest BCUT2D eigenvalue weighted by atomic mass is 10.1. The third kappa shape index (κ3) is 3.59. The number of nitrogens with one attached hydrogen (secondary N) is 2. The number of carbonyl (C=O) groups is 1. The molecule has 1 amide bonds. The first kappa shape index (κ1) is 15.3. The first-order valence-electron chi connectivity index (χ1n) is 7.70. The fourth-order valence-electron chi connectivity index (χ4n) is 2.57. The normalized spacial score (nSPS) is 11.1. The van der Waals surface area contributed by atoms with Crippen LogP contribution in [0.2, 0.25) is 0 Å². The lowest BCUT2D eigenvalue weighted by Crippen LogP contribution is -2.13. The minimum Gasteiger partial charge on any atom is -0.355 e. The molecule has 0 unspecified atom stereocenters. The van der Waals surface area contributed by atoms with Crippen molar-refractivity contribution in [3.63, 3.8) is 0 Å². The van der Waals surface area contributed by atoms with Gasteiger partial charge >= 0.3 is 0 Å². The maximum atomic E-state index is 13.3. The van der Waals surface area contributed by atoms with Gasteiger partial charge in [-0.15, -0.1) is 0 Å². The number of amides is 1. The van der Waals surface area contributed by atoms with Gasteiger partial charge in [-0.2, -0.15) is 0 Å². The first-order chi connectivity index (χ1) is 11.0. The van der Waals surface area contributed by atoms with Gasteiger partial charge in [0.15, 0.2) is 0 Å². The lowest BCUT2D eigenvalue weighted by Gasteiger charge is -2.07. The Hall–Kier alpha value is -2.62. The number of halogens is 1. The molecule has 3 nitrogen and oxygen atoms in total. The number of rotatable bonds is 4. The number of hydrogen-bond acceptors (Lipinski definition) is 1. The van der Waals surface area contributed by atoms with E-state index in [-0.39, 0.29) is 11.7 Å². The number of benzene rings is 2. The summed E-state index contributed by atoms with van der Waals surface area (Å²) in [5.74, 6) is 0.112. The van der Waals surface area contributed by atoms with Crippen molar-refractivity contribution < 1.29 is 9.18 Å². The van der Waals surface area contributed by atoms with Crippen LogP contribution in [0.15, 0.2) is 48.5 Å². The van der Waals surface area contributed by atoms with Gasteiger partial charge in [0.2, 0.25) is 5.91 Å². The van der Waals surface area contributed by atoms with Crippen LogP contribution in [0.1, 0.15) is 20.3 Å². The van der Waals surface area contributed by atoms with Crippen molar-refractivity contribution in [3.8, 4) is 11.3 Å². The van der Waals surface area contributed by atoms with Gasteiger partial charge in [-0.25, -0.2) is 4.39 Å². The third-order valence-electron chi connectivity index (χ3n) is 3.66. The van der Waals surface area contributed by atoms with Crippen LogP contribution in [0.25, 0.3) is 22.2 Å². The van der Waals surface area contributed by atoms with E-state index in [0.29, 0.717) is 12.3 Å². The second-order valence-electron chi connectivity index (χ2n) is 6.14. The van der Waals surface area contributed by atoms with Gasteiger partial charge in [0.05, 0.1) is 0 Å². The Balaban J connectivity index is 1.79. The van der Waals surface area contributed by atoms with Gasteiger partial charge in [-0.05, 0) is 47.9 Å². The van der Waals surface area contributed by atoms with Crippen molar-refractivity contribution in [1.29, 1.82) is 0 Å². The largest absolute Gasteiger partial charge is 0.355 e. The quantitative estimate of drug-likeness (QED) is 0.703. The summed E-state index contributed by atoms with van der Waals surface area (Å²) < 4.78 is 13.3. The molecule has 0 aliphatic heterocycles. The maximum absolute atomic E-state index is 13.3. The van der Waals surface area contributed by atoms with E-state index in [2.05, 4.69) is 10.3 Å². The molecule has 0 saturated carbocycles. The monoisotopic (exact) mass is 310 g/mol. The van der Waals surface area contributed by atoms with E-state index >= 15 is 0 Å². The summed E-state index contributed by atoms with van der Waals surface area (Å²) in [5.41, 5.74) is 3.59. The number of H-pyrrole nitrogens is 1. The van der Waals surface area contributed by atoms with Crippen LogP contribution in [-0.2, 0) is 4.79 Å². The zero-order valence-electron chi connectivity index (χ0n) is 13.2. The zero-order valence-corrected chi connectivity index (χ0v) is 13.2. The molecule has 2 aromatic carbocycles. The average Bonchev–Trinajstić information content (AvgIpc) is 2.90. The van der Waals surface area contributed by atoms with Crippen molar-refractivity contribution in [3.05, 3.63) is 54.3 Å². The summed E-state index contributed by atoms with van der Waals surface area (Å²) >= 11 is 0. The molecule has 118 valence electrons. The maximum Gasteiger partial charge on any atom is 0.224 e. The Morgan fingerprint density at radius 3 is 2.57 bits per heavy atom. The summed E-state index contributed by atoms with van der Waals surface area (Å²) in [6.45, 7) is 4.03. The van der Waals surface area contributed by atoms with Crippen LogP contribution in [0, 0.1) is 11.7 Å². The van der Waals surface area contributed by atoms with Crippen LogP contribution in [0.3, 0.4) is 0 Å². The molecule has 0 saturated heterocycles. The van der Waals surface area contributed by atoms with E-state index < -0.39 is 0 Å².